The van der Waals surface area contributed by atoms with Crippen LogP contribution >= 0.6 is 12.4 Å². The zero-order valence-electron chi connectivity index (χ0n) is 7.06. The minimum Gasteiger partial charge on any atom is -0.464 e. The Labute approximate surface area is 81.7 Å². The first-order chi connectivity index (χ1) is 5.77. The molecule has 0 aromatic carbocycles. The highest BCUT2D eigenvalue weighted by Gasteiger charge is 2.06. The Bertz CT molecular complexity index is 276. The summed E-state index contributed by atoms with van der Waals surface area (Å²) < 4.78 is 4.44. The van der Waals surface area contributed by atoms with Crippen LogP contribution in [0.15, 0.2) is 12.4 Å². The predicted molar refractivity (Wildman–Crippen MR) is 48.5 cm³/mol. The molecular weight excluding hydrogens is 194 g/mol. The fourth-order valence-corrected chi connectivity index (χ4v) is 0.670. The van der Waals surface area contributed by atoms with Gasteiger partial charge in [0.1, 0.15) is 0 Å². The topological polar surface area (TPSA) is 78.1 Å². The molecule has 6 heteroatoms. The van der Waals surface area contributed by atoms with E-state index < -0.39 is 5.97 Å². The summed E-state index contributed by atoms with van der Waals surface area (Å²) in [6.45, 7) is 0.314. The molecule has 1 aromatic rings. The maximum atomic E-state index is 10.9. The molecule has 0 unspecified atom stereocenters. The summed E-state index contributed by atoms with van der Waals surface area (Å²) in [7, 11) is 1.29. The number of methoxy groups -OCH3 is 1. The second-order valence-electron chi connectivity index (χ2n) is 2.09. The van der Waals surface area contributed by atoms with E-state index in [1.807, 2.05) is 0 Å². The van der Waals surface area contributed by atoms with Crippen molar-refractivity contribution < 1.29 is 9.53 Å². The second-order valence-corrected chi connectivity index (χ2v) is 2.09. The Hall–Kier alpha value is -1.20. The van der Waals surface area contributed by atoms with E-state index in [1.54, 1.807) is 0 Å². The Morgan fingerprint density at radius 2 is 2.23 bits per heavy atom. The summed E-state index contributed by atoms with van der Waals surface area (Å²) in [6.07, 6.45) is 2.79. The zero-order chi connectivity index (χ0) is 8.97. The lowest BCUT2D eigenvalue weighted by atomic mass is 10.4. The molecule has 5 nitrogen and oxygen atoms in total. The largest absolute Gasteiger partial charge is 0.464 e. The average Bonchev–Trinajstić information content (AvgIpc) is 2.17. The first-order valence-electron chi connectivity index (χ1n) is 3.37. The van der Waals surface area contributed by atoms with Crippen molar-refractivity contribution in [1.29, 1.82) is 0 Å². The maximum Gasteiger partial charge on any atom is 0.358 e. The minimum absolute atomic E-state index is 0. The molecule has 0 atom stereocenters. The molecule has 0 saturated carbocycles. The lowest BCUT2D eigenvalue weighted by Gasteiger charge is -1.97. The van der Waals surface area contributed by atoms with E-state index in [0.717, 1.165) is 0 Å². The van der Waals surface area contributed by atoms with Crippen molar-refractivity contribution in [2.75, 3.05) is 7.11 Å². The number of carbonyl (C=O) groups excluding carboxylic acids is 1. The van der Waals surface area contributed by atoms with E-state index in [-0.39, 0.29) is 18.1 Å². The number of nitrogens with zero attached hydrogens (tertiary/aromatic N) is 2. The molecule has 13 heavy (non-hydrogen) atoms. The van der Waals surface area contributed by atoms with E-state index in [0.29, 0.717) is 12.2 Å². The maximum absolute atomic E-state index is 10.9. The normalized spacial score (nSPS) is 8.77. The predicted octanol–water partition coefficient (Wildman–Crippen LogP) is 0.144. The van der Waals surface area contributed by atoms with Gasteiger partial charge >= 0.3 is 5.97 Å². The summed E-state index contributed by atoms with van der Waals surface area (Å²) >= 11 is 0. The quantitative estimate of drug-likeness (QED) is 0.692. The SMILES string of the molecule is COC(=O)c1cnc(CN)cn1.Cl. The lowest BCUT2D eigenvalue weighted by molar-refractivity contribution is 0.0593. The highest BCUT2D eigenvalue weighted by molar-refractivity contribution is 5.86. The third-order valence-corrected chi connectivity index (χ3v) is 1.31. The van der Waals surface area contributed by atoms with Gasteiger partial charge in [-0.15, -0.1) is 12.4 Å². The Kier molecular flexibility index (Phi) is 4.94. The molecule has 0 aliphatic rings. The van der Waals surface area contributed by atoms with Crippen LogP contribution in [-0.4, -0.2) is 23.0 Å². The molecule has 0 amide bonds. The van der Waals surface area contributed by atoms with Crippen molar-refractivity contribution in [3.63, 3.8) is 0 Å². The van der Waals surface area contributed by atoms with Crippen LogP contribution in [-0.2, 0) is 11.3 Å². The monoisotopic (exact) mass is 203 g/mol. The van der Waals surface area contributed by atoms with Gasteiger partial charge in [0.2, 0.25) is 0 Å². The van der Waals surface area contributed by atoms with E-state index >= 15 is 0 Å². The summed E-state index contributed by atoms with van der Waals surface area (Å²) in [4.78, 5) is 18.5. The van der Waals surface area contributed by atoms with Gasteiger partial charge in [-0.2, -0.15) is 0 Å². The van der Waals surface area contributed by atoms with Crippen LogP contribution in [0, 0.1) is 0 Å². The van der Waals surface area contributed by atoms with Crippen molar-refractivity contribution in [2.45, 2.75) is 6.54 Å². The molecule has 2 N–H and O–H groups in total. The standard InChI is InChI=1S/C7H9N3O2.ClH/c1-12-7(11)6-4-9-5(2-8)3-10-6;/h3-4H,2,8H2,1H3;1H. The van der Waals surface area contributed by atoms with Crippen LogP contribution in [0.2, 0.25) is 0 Å². The van der Waals surface area contributed by atoms with Gasteiger partial charge < -0.3 is 10.5 Å². The fraction of sp³-hybridized carbons (Fsp3) is 0.286. The van der Waals surface area contributed by atoms with Crippen LogP contribution < -0.4 is 5.73 Å². The number of aromatic nitrogens is 2. The van der Waals surface area contributed by atoms with Crippen molar-refractivity contribution in [1.82, 2.24) is 9.97 Å². The molecule has 0 aliphatic heterocycles. The number of esters is 1. The van der Waals surface area contributed by atoms with Crippen molar-refractivity contribution in [2.24, 2.45) is 5.73 Å². The number of hydrogen-bond acceptors (Lipinski definition) is 5. The summed E-state index contributed by atoms with van der Waals surface area (Å²) in [5.41, 5.74) is 6.12. The van der Waals surface area contributed by atoms with Gasteiger partial charge in [-0.1, -0.05) is 0 Å². The highest BCUT2D eigenvalue weighted by Crippen LogP contribution is 1.95. The molecule has 72 valence electrons. The molecule has 0 fully saturated rings. The van der Waals surface area contributed by atoms with E-state index in [1.165, 1.54) is 19.5 Å². The van der Waals surface area contributed by atoms with Crippen LogP contribution in [0.5, 0.6) is 0 Å². The summed E-state index contributed by atoms with van der Waals surface area (Å²) in [6, 6.07) is 0. The van der Waals surface area contributed by atoms with E-state index in [9.17, 15) is 4.79 Å². The minimum atomic E-state index is -0.494. The zero-order valence-corrected chi connectivity index (χ0v) is 7.87. The summed E-state index contributed by atoms with van der Waals surface area (Å²) in [5.74, 6) is -0.494. The third-order valence-electron chi connectivity index (χ3n) is 1.31. The van der Waals surface area contributed by atoms with Crippen LogP contribution in [0.1, 0.15) is 16.2 Å². The molecule has 1 rings (SSSR count). The molecular formula is C7H10ClN3O2. The van der Waals surface area contributed by atoms with Gasteiger partial charge in [0, 0.05) is 6.54 Å². The number of halogens is 1. The molecule has 1 heterocycles. The van der Waals surface area contributed by atoms with E-state index in [4.69, 9.17) is 5.73 Å². The number of rotatable bonds is 2. The molecule has 0 saturated heterocycles. The van der Waals surface area contributed by atoms with Gasteiger partial charge in [0.15, 0.2) is 5.69 Å². The number of hydrogen-bond donors (Lipinski definition) is 1. The molecule has 1 aromatic heterocycles. The smallest absolute Gasteiger partial charge is 0.358 e. The number of nitrogens with two attached hydrogens (primary N) is 1. The molecule has 0 aliphatic carbocycles. The Balaban J connectivity index is 0.00000144. The Morgan fingerprint density at radius 1 is 1.54 bits per heavy atom. The molecule has 0 spiro atoms. The van der Waals surface area contributed by atoms with Crippen molar-refractivity contribution >= 4 is 18.4 Å². The molecule has 0 bridgehead atoms. The molecule has 0 radical (unpaired) electrons. The van der Waals surface area contributed by atoms with Gasteiger partial charge in [0.05, 0.1) is 25.2 Å². The van der Waals surface area contributed by atoms with E-state index in [2.05, 4.69) is 14.7 Å². The van der Waals surface area contributed by atoms with Crippen LogP contribution in [0.25, 0.3) is 0 Å². The van der Waals surface area contributed by atoms with Crippen LogP contribution in [0.3, 0.4) is 0 Å². The Morgan fingerprint density at radius 3 is 2.62 bits per heavy atom. The van der Waals surface area contributed by atoms with Crippen molar-refractivity contribution in [3.05, 3.63) is 23.8 Å². The lowest BCUT2D eigenvalue weighted by Crippen LogP contribution is -2.07. The summed E-state index contributed by atoms with van der Waals surface area (Å²) in [5, 5.41) is 0. The van der Waals surface area contributed by atoms with Gasteiger partial charge in [-0.05, 0) is 0 Å². The van der Waals surface area contributed by atoms with Crippen LogP contribution in [0.4, 0.5) is 0 Å². The fourth-order valence-electron chi connectivity index (χ4n) is 0.670. The first-order valence-corrected chi connectivity index (χ1v) is 3.37. The highest BCUT2D eigenvalue weighted by atomic mass is 35.5. The van der Waals surface area contributed by atoms with Gasteiger partial charge in [-0.3, -0.25) is 4.98 Å². The van der Waals surface area contributed by atoms with Gasteiger partial charge in [0.25, 0.3) is 0 Å². The van der Waals surface area contributed by atoms with Gasteiger partial charge in [-0.25, -0.2) is 9.78 Å². The first kappa shape index (κ1) is 11.8. The van der Waals surface area contributed by atoms with Crippen molar-refractivity contribution in [3.8, 4) is 0 Å². The third kappa shape index (κ3) is 2.96. The number of ether oxygens (including phenoxy) is 1. The second kappa shape index (κ2) is 5.45. The number of carbonyl (C=O) groups is 1. The average molecular weight is 204 g/mol.